The topological polar surface area (TPSA) is 55.1 Å². The average molecular weight is 166 g/mol. The molecule has 0 saturated heterocycles. The monoisotopic (exact) mass is 166 g/mol. The highest BCUT2D eigenvalue weighted by atomic mass is 16.1. The number of rotatable bonds is 3. The van der Waals surface area contributed by atoms with Gasteiger partial charge in [0.15, 0.2) is 0 Å². The first kappa shape index (κ1) is 10.5. The second-order valence-electron chi connectivity index (χ2n) is 2.48. The molecule has 0 aromatic rings. The molecule has 0 unspecified atom stereocenters. The molecule has 0 fully saturated rings. The molecule has 12 heavy (non-hydrogen) atoms. The van der Waals surface area contributed by atoms with E-state index in [1.54, 1.807) is 12.2 Å². The first-order valence-electron chi connectivity index (χ1n) is 3.59. The Morgan fingerprint density at radius 2 is 2.00 bits per heavy atom. The molecule has 0 aliphatic carbocycles. The third-order valence-corrected chi connectivity index (χ3v) is 1.05. The first-order valence-corrected chi connectivity index (χ1v) is 3.59. The number of carbonyl (C=O) groups excluding carboxylic acids is 1. The van der Waals surface area contributed by atoms with E-state index < -0.39 is 0 Å². The van der Waals surface area contributed by atoms with Gasteiger partial charge in [-0.3, -0.25) is 4.79 Å². The largest absolute Gasteiger partial charge is 0.403 e. The van der Waals surface area contributed by atoms with Crippen molar-refractivity contribution >= 4 is 5.91 Å². The number of hydrogen-bond donors (Lipinski definition) is 2. The van der Waals surface area contributed by atoms with Crippen LogP contribution < -0.4 is 11.1 Å². The Balaban J connectivity index is 4.20. The Labute approximate surface area is 72.6 Å². The van der Waals surface area contributed by atoms with E-state index in [0.29, 0.717) is 5.70 Å². The number of allylic oxidation sites excluding steroid dienone is 3. The fourth-order valence-corrected chi connectivity index (χ4v) is 0.574. The lowest BCUT2D eigenvalue weighted by Crippen LogP contribution is -2.18. The highest BCUT2D eigenvalue weighted by molar-refractivity contribution is 5.75. The van der Waals surface area contributed by atoms with Gasteiger partial charge >= 0.3 is 0 Å². The third kappa shape index (κ3) is 5.29. The van der Waals surface area contributed by atoms with Crippen LogP contribution in [0.4, 0.5) is 0 Å². The van der Waals surface area contributed by atoms with Gasteiger partial charge in [-0.25, -0.2) is 0 Å². The van der Waals surface area contributed by atoms with Gasteiger partial charge in [0.1, 0.15) is 0 Å². The van der Waals surface area contributed by atoms with Crippen molar-refractivity contribution in [2.24, 2.45) is 5.73 Å². The van der Waals surface area contributed by atoms with E-state index in [4.69, 9.17) is 5.73 Å². The summed E-state index contributed by atoms with van der Waals surface area (Å²) in [6.45, 7) is 6.96. The van der Waals surface area contributed by atoms with Crippen LogP contribution in [0.5, 0.6) is 0 Å². The predicted molar refractivity (Wildman–Crippen MR) is 50.0 cm³/mol. The lowest BCUT2D eigenvalue weighted by Gasteiger charge is -2.00. The van der Waals surface area contributed by atoms with E-state index in [0.717, 1.165) is 5.57 Å². The summed E-state index contributed by atoms with van der Waals surface area (Å²) in [5.74, 6) is -0.141. The van der Waals surface area contributed by atoms with Crippen molar-refractivity contribution in [1.29, 1.82) is 0 Å². The molecule has 0 aromatic carbocycles. The molecular formula is C9H14N2O. The molecule has 1 amide bonds. The highest BCUT2D eigenvalue weighted by Gasteiger charge is 1.92. The summed E-state index contributed by atoms with van der Waals surface area (Å²) in [7, 11) is 0. The van der Waals surface area contributed by atoms with E-state index in [9.17, 15) is 4.79 Å². The molecule has 0 aromatic heterocycles. The van der Waals surface area contributed by atoms with Crippen LogP contribution >= 0.6 is 0 Å². The Morgan fingerprint density at radius 1 is 1.42 bits per heavy atom. The molecule has 0 rings (SSSR count). The molecule has 0 atom stereocenters. The molecule has 3 nitrogen and oxygen atoms in total. The Morgan fingerprint density at radius 3 is 2.33 bits per heavy atom. The third-order valence-electron chi connectivity index (χ3n) is 1.05. The van der Waals surface area contributed by atoms with Crippen LogP contribution in [0.15, 0.2) is 36.2 Å². The maximum Gasteiger partial charge on any atom is 0.221 e. The van der Waals surface area contributed by atoms with Gasteiger partial charge in [-0.1, -0.05) is 18.2 Å². The number of amides is 1. The summed E-state index contributed by atoms with van der Waals surface area (Å²) in [5.41, 5.74) is 6.73. The molecule has 66 valence electrons. The Hall–Kier alpha value is -1.51. The number of carbonyl (C=O) groups is 1. The predicted octanol–water partition coefficient (Wildman–Crippen LogP) is 1.05. The van der Waals surface area contributed by atoms with E-state index in [-0.39, 0.29) is 5.91 Å². The van der Waals surface area contributed by atoms with Crippen LogP contribution in [0.2, 0.25) is 0 Å². The van der Waals surface area contributed by atoms with Crippen molar-refractivity contribution in [1.82, 2.24) is 5.32 Å². The van der Waals surface area contributed by atoms with Crippen LogP contribution in [-0.2, 0) is 4.79 Å². The SMILES string of the molecule is C=C(C)/C=C\C(=C/N)NC(C)=O. The van der Waals surface area contributed by atoms with E-state index in [1.807, 2.05) is 6.92 Å². The van der Waals surface area contributed by atoms with Crippen molar-refractivity contribution in [2.75, 3.05) is 0 Å². The van der Waals surface area contributed by atoms with Gasteiger partial charge in [-0.2, -0.15) is 0 Å². The average Bonchev–Trinajstić information content (AvgIpc) is 1.97. The maximum absolute atomic E-state index is 10.6. The maximum atomic E-state index is 10.6. The standard InChI is InChI=1S/C9H14N2O/c1-7(2)4-5-9(6-10)11-8(3)12/h4-6H,1,10H2,2-3H3,(H,11,12)/b5-4-,9-6+. The summed E-state index contributed by atoms with van der Waals surface area (Å²) in [4.78, 5) is 10.6. The summed E-state index contributed by atoms with van der Waals surface area (Å²) in [6, 6.07) is 0. The first-order chi connectivity index (χ1) is 5.56. The number of nitrogens with two attached hydrogens (primary N) is 1. The van der Waals surface area contributed by atoms with E-state index in [1.165, 1.54) is 13.1 Å². The Kier molecular flexibility index (Phi) is 4.53. The lowest BCUT2D eigenvalue weighted by molar-refractivity contribution is -0.118. The molecule has 0 spiro atoms. The fraction of sp³-hybridized carbons (Fsp3) is 0.222. The van der Waals surface area contributed by atoms with Crippen molar-refractivity contribution in [2.45, 2.75) is 13.8 Å². The second-order valence-corrected chi connectivity index (χ2v) is 2.48. The molecule has 0 aliphatic rings. The Bertz CT molecular complexity index is 239. The van der Waals surface area contributed by atoms with Crippen LogP contribution in [0.25, 0.3) is 0 Å². The number of hydrogen-bond acceptors (Lipinski definition) is 2. The molecule has 3 N–H and O–H groups in total. The van der Waals surface area contributed by atoms with Crippen molar-refractivity contribution in [3.63, 3.8) is 0 Å². The molecule has 0 saturated carbocycles. The molecular weight excluding hydrogens is 152 g/mol. The lowest BCUT2D eigenvalue weighted by atomic mass is 10.3. The van der Waals surface area contributed by atoms with Crippen LogP contribution in [0.1, 0.15) is 13.8 Å². The van der Waals surface area contributed by atoms with E-state index in [2.05, 4.69) is 11.9 Å². The van der Waals surface area contributed by atoms with Crippen LogP contribution in [-0.4, -0.2) is 5.91 Å². The van der Waals surface area contributed by atoms with Gasteiger partial charge in [-0.05, 0) is 13.0 Å². The van der Waals surface area contributed by atoms with Gasteiger partial charge in [0.25, 0.3) is 0 Å². The molecule has 0 radical (unpaired) electrons. The quantitative estimate of drug-likeness (QED) is 0.616. The highest BCUT2D eigenvalue weighted by Crippen LogP contribution is 1.94. The van der Waals surface area contributed by atoms with Gasteiger partial charge in [-0.15, -0.1) is 0 Å². The zero-order valence-corrected chi connectivity index (χ0v) is 7.42. The second kappa shape index (κ2) is 5.18. The van der Waals surface area contributed by atoms with Crippen molar-refractivity contribution in [3.05, 3.63) is 36.2 Å². The molecule has 3 heteroatoms. The molecule has 0 aliphatic heterocycles. The van der Waals surface area contributed by atoms with E-state index >= 15 is 0 Å². The summed E-state index contributed by atoms with van der Waals surface area (Å²) < 4.78 is 0. The minimum absolute atomic E-state index is 0.141. The molecule has 0 bridgehead atoms. The molecule has 0 heterocycles. The van der Waals surface area contributed by atoms with Gasteiger partial charge in [0.2, 0.25) is 5.91 Å². The van der Waals surface area contributed by atoms with Crippen LogP contribution in [0.3, 0.4) is 0 Å². The van der Waals surface area contributed by atoms with Gasteiger partial charge < -0.3 is 11.1 Å². The van der Waals surface area contributed by atoms with Crippen molar-refractivity contribution in [3.8, 4) is 0 Å². The normalized spacial score (nSPS) is 11.7. The van der Waals surface area contributed by atoms with Gasteiger partial charge in [0, 0.05) is 13.1 Å². The fourth-order valence-electron chi connectivity index (χ4n) is 0.574. The summed E-state index contributed by atoms with van der Waals surface area (Å²) in [5, 5.41) is 2.55. The summed E-state index contributed by atoms with van der Waals surface area (Å²) >= 11 is 0. The van der Waals surface area contributed by atoms with Gasteiger partial charge in [0.05, 0.1) is 5.70 Å². The smallest absolute Gasteiger partial charge is 0.221 e. The zero-order chi connectivity index (χ0) is 9.56. The summed E-state index contributed by atoms with van der Waals surface area (Å²) in [6.07, 6.45) is 4.80. The van der Waals surface area contributed by atoms with Crippen molar-refractivity contribution < 1.29 is 4.79 Å². The van der Waals surface area contributed by atoms with Crippen LogP contribution in [0, 0.1) is 0 Å². The zero-order valence-electron chi connectivity index (χ0n) is 7.42. The number of nitrogens with one attached hydrogen (secondary N) is 1. The minimum atomic E-state index is -0.141. The minimum Gasteiger partial charge on any atom is -0.403 e.